The topological polar surface area (TPSA) is 84.3 Å². The van der Waals surface area contributed by atoms with Gasteiger partial charge >= 0.3 is 0 Å². The SMILES string of the molecule is CCn1c(CCC(=O)Nc2ccc(C)c(Cl)c2)nc2cc(S(=O)(=O)N(C)C)ccc21. The zero-order valence-electron chi connectivity index (χ0n) is 17.4. The van der Waals surface area contributed by atoms with Gasteiger partial charge in [-0.1, -0.05) is 17.7 Å². The molecule has 0 fully saturated rings. The lowest BCUT2D eigenvalue weighted by atomic mass is 10.2. The Labute approximate surface area is 181 Å². The van der Waals surface area contributed by atoms with E-state index in [2.05, 4.69) is 10.3 Å². The summed E-state index contributed by atoms with van der Waals surface area (Å²) in [5.74, 6) is 0.601. The Bertz CT molecular complexity index is 1200. The predicted molar refractivity (Wildman–Crippen MR) is 119 cm³/mol. The number of hydrogen-bond acceptors (Lipinski definition) is 4. The van der Waals surface area contributed by atoms with Crippen molar-refractivity contribution in [1.29, 1.82) is 0 Å². The van der Waals surface area contributed by atoms with Crippen LogP contribution in [-0.2, 0) is 27.8 Å². The number of hydrogen-bond donors (Lipinski definition) is 1. The number of nitrogens with zero attached hydrogens (tertiary/aromatic N) is 3. The van der Waals surface area contributed by atoms with E-state index in [0.29, 0.717) is 29.2 Å². The number of sulfonamides is 1. The molecule has 1 heterocycles. The minimum Gasteiger partial charge on any atom is -0.328 e. The maximum atomic E-state index is 12.4. The third-order valence-corrected chi connectivity index (χ3v) is 7.14. The zero-order chi connectivity index (χ0) is 22.1. The molecule has 30 heavy (non-hydrogen) atoms. The number of benzene rings is 2. The van der Waals surface area contributed by atoms with E-state index in [1.165, 1.54) is 18.4 Å². The van der Waals surface area contributed by atoms with Gasteiger partial charge in [-0.2, -0.15) is 0 Å². The molecule has 0 aliphatic heterocycles. The second-order valence-electron chi connectivity index (χ2n) is 7.22. The minimum atomic E-state index is -3.54. The number of anilines is 1. The number of fused-ring (bicyclic) bond motifs is 1. The number of imidazole rings is 1. The van der Waals surface area contributed by atoms with Crippen LogP contribution in [0.1, 0.15) is 24.7 Å². The zero-order valence-corrected chi connectivity index (χ0v) is 19.0. The third kappa shape index (κ3) is 4.50. The van der Waals surface area contributed by atoms with Crippen LogP contribution in [0.25, 0.3) is 11.0 Å². The van der Waals surface area contributed by atoms with Gasteiger partial charge in [0.2, 0.25) is 15.9 Å². The second-order valence-corrected chi connectivity index (χ2v) is 9.78. The molecule has 0 spiro atoms. The minimum absolute atomic E-state index is 0.138. The van der Waals surface area contributed by atoms with Gasteiger partial charge in [-0.25, -0.2) is 17.7 Å². The molecule has 1 amide bonds. The Hall–Kier alpha value is -2.42. The van der Waals surface area contributed by atoms with Gasteiger partial charge in [0.25, 0.3) is 0 Å². The van der Waals surface area contributed by atoms with Crippen LogP contribution in [0.4, 0.5) is 5.69 Å². The fraction of sp³-hybridized carbons (Fsp3) is 0.333. The standard InChI is InChI=1S/C21H25ClN4O3S/c1-5-26-19-9-8-16(30(28,29)25(3)4)13-18(19)24-20(26)10-11-21(27)23-15-7-6-14(2)17(22)12-15/h6-9,12-13H,5,10-11H2,1-4H3,(H,23,27). The van der Waals surface area contributed by atoms with Crippen LogP contribution >= 0.6 is 11.6 Å². The van der Waals surface area contributed by atoms with Crippen molar-refractivity contribution in [3.05, 3.63) is 52.8 Å². The number of amides is 1. The summed E-state index contributed by atoms with van der Waals surface area (Å²) in [6.07, 6.45) is 0.682. The molecule has 0 saturated heterocycles. The van der Waals surface area contributed by atoms with E-state index >= 15 is 0 Å². The Morgan fingerprint density at radius 2 is 1.93 bits per heavy atom. The fourth-order valence-corrected chi connectivity index (χ4v) is 4.30. The summed E-state index contributed by atoms with van der Waals surface area (Å²) in [5.41, 5.74) is 3.04. The van der Waals surface area contributed by atoms with Crippen molar-refractivity contribution in [3.63, 3.8) is 0 Å². The highest BCUT2D eigenvalue weighted by Gasteiger charge is 2.19. The maximum absolute atomic E-state index is 12.4. The Balaban J connectivity index is 1.79. The van der Waals surface area contributed by atoms with Gasteiger partial charge < -0.3 is 9.88 Å². The maximum Gasteiger partial charge on any atom is 0.242 e. The van der Waals surface area contributed by atoms with Gasteiger partial charge in [-0.05, 0) is 49.7 Å². The molecule has 160 valence electrons. The first-order chi connectivity index (χ1) is 14.1. The van der Waals surface area contributed by atoms with Crippen LogP contribution in [0, 0.1) is 6.92 Å². The Morgan fingerprint density at radius 3 is 2.57 bits per heavy atom. The van der Waals surface area contributed by atoms with Crippen molar-refractivity contribution in [2.75, 3.05) is 19.4 Å². The van der Waals surface area contributed by atoms with Crippen LogP contribution in [-0.4, -0.2) is 42.3 Å². The highest BCUT2D eigenvalue weighted by molar-refractivity contribution is 7.89. The number of carbonyl (C=O) groups excluding carboxylic acids is 1. The summed E-state index contributed by atoms with van der Waals surface area (Å²) in [6.45, 7) is 4.56. The molecular weight excluding hydrogens is 424 g/mol. The van der Waals surface area contributed by atoms with Crippen LogP contribution in [0.2, 0.25) is 5.02 Å². The Morgan fingerprint density at radius 1 is 1.20 bits per heavy atom. The molecule has 0 saturated carbocycles. The summed E-state index contributed by atoms with van der Waals surface area (Å²) in [4.78, 5) is 17.2. The predicted octanol–water partition coefficient (Wildman–Crippen LogP) is 3.84. The number of rotatable bonds is 7. The number of nitrogens with one attached hydrogen (secondary N) is 1. The molecule has 3 rings (SSSR count). The van der Waals surface area contributed by atoms with Gasteiger partial charge in [-0.15, -0.1) is 0 Å². The lowest BCUT2D eigenvalue weighted by Gasteiger charge is -2.11. The first-order valence-corrected chi connectivity index (χ1v) is 11.4. The normalized spacial score (nSPS) is 11.9. The van der Waals surface area contributed by atoms with E-state index in [1.54, 1.807) is 24.3 Å². The highest BCUT2D eigenvalue weighted by Crippen LogP contribution is 2.23. The van der Waals surface area contributed by atoms with Crippen molar-refractivity contribution in [1.82, 2.24) is 13.9 Å². The van der Waals surface area contributed by atoms with E-state index in [0.717, 1.165) is 16.9 Å². The molecule has 3 aromatic rings. The second kappa shape index (κ2) is 8.75. The van der Waals surface area contributed by atoms with Gasteiger partial charge in [0.15, 0.2) is 0 Å². The lowest BCUT2D eigenvalue weighted by molar-refractivity contribution is -0.116. The van der Waals surface area contributed by atoms with E-state index in [4.69, 9.17) is 11.6 Å². The van der Waals surface area contributed by atoms with Gasteiger partial charge in [-0.3, -0.25) is 4.79 Å². The number of aromatic nitrogens is 2. The van der Waals surface area contributed by atoms with Gasteiger partial charge in [0, 0.05) is 44.2 Å². The summed E-state index contributed by atoms with van der Waals surface area (Å²) in [7, 11) is -0.546. The average molecular weight is 449 g/mol. The molecule has 0 aliphatic rings. The first kappa shape index (κ1) is 22.3. The smallest absolute Gasteiger partial charge is 0.242 e. The van der Waals surface area contributed by atoms with Crippen molar-refractivity contribution in [2.24, 2.45) is 0 Å². The molecule has 1 N–H and O–H groups in total. The highest BCUT2D eigenvalue weighted by atomic mass is 35.5. The van der Waals surface area contributed by atoms with Crippen molar-refractivity contribution < 1.29 is 13.2 Å². The van der Waals surface area contributed by atoms with E-state index in [-0.39, 0.29) is 17.2 Å². The summed E-state index contributed by atoms with van der Waals surface area (Å²) in [6, 6.07) is 10.3. The molecule has 9 heteroatoms. The van der Waals surface area contributed by atoms with Crippen LogP contribution in [0.5, 0.6) is 0 Å². The molecule has 0 aliphatic carbocycles. The van der Waals surface area contributed by atoms with Crippen LogP contribution in [0.3, 0.4) is 0 Å². The number of halogens is 1. The van der Waals surface area contributed by atoms with E-state index in [9.17, 15) is 13.2 Å². The molecule has 0 atom stereocenters. The van der Waals surface area contributed by atoms with E-state index < -0.39 is 10.0 Å². The third-order valence-electron chi connectivity index (χ3n) is 4.92. The molecule has 7 nitrogen and oxygen atoms in total. The monoisotopic (exact) mass is 448 g/mol. The average Bonchev–Trinajstić information content (AvgIpc) is 3.05. The molecule has 0 bridgehead atoms. The molecule has 0 radical (unpaired) electrons. The molecular formula is C21H25ClN4O3S. The summed E-state index contributed by atoms with van der Waals surface area (Å²) in [5, 5.41) is 3.45. The largest absolute Gasteiger partial charge is 0.328 e. The number of aryl methyl sites for hydroxylation is 3. The quantitative estimate of drug-likeness (QED) is 0.595. The van der Waals surface area contributed by atoms with Crippen LogP contribution < -0.4 is 5.32 Å². The molecule has 1 aromatic heterocycles. The fourth-order valence-electron chi connectivity index (χ4n) is 3.19. The number of carbonyl (C=O) groups is 1. The lowest BCUT2D eigenvalue weighted by Crippen LogP contribution is -2.22. The van der Waals surface area contributed by atoms with Crippen LogP contribution in [0.15, 0.2) is 41.3 Å². The molecule has 0 unspecified atom stereocenters. The Kier molecular flexibility index (Phi) is 6.50. The van der Waals surface area contributed by atoms with Crippen molar-refractivity contribution in [3.8, 4) is 0 Å². The summed E-state index contributed by atoms with van der Waals surface area (Å²) < 4.78 is 28.0. The van der Waals surface area contributed by atoms with Crippen molar-refractivity contribution in [2.45, 2.75) is 38.1 Å². The van der Waals surface area contributed by atoms with Gasteiger partial charge in [0.05, 0.1) is 15.9 Å². The van der Waals surface area contributed by atoms with E-state index in [1.807, 2.05) is 30.5 Å². The van der Waals surface area contributed by atoms with Crippen molar-refractivity contribution >= 4 is 44.3 Å². The van der Waals surface area contributed by atoms with Gasteiger partial charge in [0.1, 0.15) is 5.82 Å². The molecule has 2 aromatic carbocycles. The first-order valence-electron chi connectivity index (χ1n) is 9.61. The summed E-state index contributed by atoms with van der Waals surface area (Å²) >= 11 is 6.11.